The van der Waals surface area contributed by atoms with Crippen LogP contribution in [0.4, 0.5) is 11.4 Å². The van der Waals surface area contributed by atoms with Crippen LogP contribution in [0.3, 0.4) is 0 Å². The van der Waals surface area contributed by atoms with Crippen LogP contribution in [0.25, 0.3) is 0 Å². The molecule has 0 spiro atoms. The van der Waals surface area contributed by atoms with E-state index in [1.54, 1.807) is 41.3 Å². The van der Waals surface area contributed by atoms with Crippen molar-refractivity contribution in [2.75, 3.05) is 30.4 Å². The minimum Gasteiger partial charge on any atom is -0.477 e. The predicted octanol–water partition coefficient (Wildman–Crippen LogP) is 2.67. The number of primary amides is 1. The van der Waals surface area contributed by atoms with Crippen molar-refractivity contribution in [1.29, 1.82) is 0 Å². The van der Waals surface area contributed by atoms with Gasteiger partial charge in [-0.1, -0.05) is 43.6 Å². The molecule has 2 aromatic carbocycles. The highest BCUT2D eigenvalue weighted by Gasteiger charge is 2.30. The number of rotatable bonds is 4. The average Bonchev–Trinajstić information content (AvgIpc) is 2.71. The Morgan fingerprint density at radius 2 is 1.89 bits per heavy atom. The molecular weight excluding hydrogens is 382 g/mol. The van der Waals surface area contributed by atoms with Gasteiger partial charge in [0.2, 0.25) is 5.91 Å². The van der Waals surface area contributed by atoms with Crippen LogP contribution >= 0.6 is 11.6 Å². The van der Waals surface area contributed by atoms with Crippen LogP contribution in [0.15, 0.2) is 48.5 Å². The average molecular weight is 408 g/mol. The molecule has 0 radical (unpaired) electrons. The highest BCUT2D eigenvalue weighted by molar-refractivity contribution is 6.30. The van der Waals surface area contributed by atoms with E-state index in [0.29, 0.717) is 16.5 Å². The van der Waals surface area contributed by atoms with Crippen LogP contribution < -0.4 is 20.7 Å². The third-order valence-corrected chi connectivity index (χ3v) is 3.86. The van der Waals surface area contributed by atoms with Crippen molar-refractivity contribution in [3.05, 3.63) is 53.6 Å². The van der Waals surface area contributed by atoms with E-state index >= 15 is 0 Å². The molecule has 0 aliphatic carbocycles. The number of halogens is 1. The number of aliphatic hydroxyl groups excluding tert-OH is 1. The van der Waals surface area contributed by atoms with Gasteiger partial charge in [0.15, 0.2) is 6.10 Å². The molecule has 0 bridgehead atoms. The maximum absolute atomic E-state index is 12.3. The minimum absolute atomic E-state index is 0.0661. The fraction of sp³-hybridized carbons (Fsp3) is 0.300. The minimum atomic E-state index is -0.793. The van der Waals surface area contributed by atoms with Crippen LogP contribution in [0.1, 0.15) is 13.8 Å². The first kappa shape index (κ1) is 23.3. The van der Waals surface area contributed by atoms with Crippen molar-refractivity contribution in [3.63, 3.8) is 0 Å². The SMILES string of the molecule is CC.CO.NC(=O)C1CN(CC(=O)Nc2cccc(Cl)c2)c2ccccc2O1. The third kappa shape index (κ3) is 6.44. The molecule has 152 valence electrons. The van der Waals surface area contributed by atoms with Crippen LogP contribution in [0, 0.1) is 0 Å². The number of carbonyl (C=O) groups is 2. The highest BCUT2D eigenvalue weighted by Crippen LogP contribution is 2.32. The zero-order valence-electron chi connectivity index (χ0n) is 16.2. The van der Waals surface area contributed by atoms with Gasteiger partial charge in [0.25, 0.3) is 5.91 Å². The summed E-state index contributed by atoms with van der Waals surface area (Å²) in [5.74, 6) is -0.259. The number of hydrogen-bond donors (Lipinski definition) is 3. The largest absolute Gasteiger partial charge is 0.477 e. The van der Waals surface area contributed by atoms with Crippen molar-refractivity contribution in [3.8, 4) is 5.75 Å². The Kier molecular flexibility index (Phi) is 9.84. The lowest BCUT2D eigenvalue weighted by atomic mass is 10.1. The van der Waals surface area contributed by atoms with Gasteiger partial charge in [0.05, 0.1) is 18.8 Å². The Morgan fingerprint density at radius 1 is 1.21 bits per heavy atom. The summed E-state index contributed by atoms with van der Waals surface area (Å²) in [6.07, 6.45) is -0.793. The molecule has 0 saturated carbocycles. The summed E-state index contributed by atoms with van der Waals surface area (Å²) < 4.78 is 5.57. The molecule has 4 N–H and O–H groups in total. The lowest BCUT2D eigenvalue weighted by Crippen LogP contribution is -2.49. The first-order valence-corrected chi connectivity index (χ1v) is 9.21. The van der Waals surface area contributed by atoms with Gasteiger partial charge in [-0.25, -0.2) is 0 Å². The molecule has 0 aromatic heterocycles. The van der Waals surface area contributed by atoms with Crippen molar-refractivity contribution >= 4 is 34.8 Å². The summed E-state index contributed by atoms with van der Waals surface area (Å²) in [6.45, 7) is 4.28. The number of ether oxygens (including phenoxy) is 1. The van der Waals surface area contributed by atoms with E-state index in [-0.39, 0.29) is 19.0 Å². The van der Waals surface area contributed by atoms with Crippen molar-refractivity contribution in [1.82, 2.24) is 0 Å². The number of nitrogens with two attached hydrogens (primary N) is 1. The molecule has 8 heteroatoms. The maximum Gasteiger partial charge on any atom is 0.260 e. The van der Waals surface area contributed by atoms with E-state index in [1.807, 2.05) is 26.0 Å². The van der Waals surface area contributed by atoms with E-state index in [9.17, 15) is 9.59 Å². The quantitative estimate of drug-likeness (QED) is 0.722. The molecule has 3 rings (SSSR count). The third-order valence-electron chi connectivity index (χ3n) is 3.62. The van der Waals surface area contributed by atoms with Crippen molar-refractivity contribution < 1.29 is 19.4 Å². The molecule has 0 saturated heterocycles. The topological polar surface area (TPSA) is 105 Å². The molecular formula is C20H26ClN3O4. The fourth-order valence-corrected chi connectivity index (χ4v) is 2.74. The summed E-state index contributed by atoms with van der Waals surface area (Å²) in [4.78, 5) is 25.6. The first-order chi connectivity index (χ1) is 13.5. The van der Waals surface area contributed by atoms with Crippen molar-refractivity contribution in [2.45, 2.75) is 20.0 Å². The fourth-order valence-electron chi connectivity index (χ4n) is 2.54. The maximum atomic E-state index is 12.3. The molecule has 1 aliphatic heterocycles. The number of nitrogens with one attached hydrogen (secondary N) is 1. The summed E-state index contributed by atoms with van der Waals surface area (Å²) >= 11 is 5.91. The lowest BCUT2D eigenvalue weighted by Gasteiger charge is -2.34. The van der Waals surface area contributed by atoms with Gasteiger partial charge in [-0.15, -0.1) is 0 Å². The van der Waals surface area contributed by atoms with E-state index < -0.39 is 12.0 Å². The normalized spacial score (nSPS) is 14.2. The number of nitrogens with zero attached hydrogens (tertiary/aromatic N) is 1. The molecule has 7 nitrogen and oxygen atoms in total. The Hall–Kier alpha value is -2.77. The Balaban J connectivity index is 0.000000921. The number of anilines is 2. The van der Waals surface area contributed by atoms with Crippen LogP contribution in [0.5, 0.6) is 5.75 Å². The highest BCUT2D eigenvalue weighted by atomic mass is 35.5. The summed E-state index contributed by atoms with van der Waals surface area (Å²) in [5.41, 5.74) is 6.71. The number of carbonyl (C=O) groups excluding carboxylic acids is 2. The van der Waals surface area contributed by atoms with Crippen LogP contribution in [0.2, 0.25) is 5.02 Å². The van der Waals surface area contributed by atoms with Gasteiger partial charge < -0.3 is 25.8 Å². The first-order valence-electron chi connectivity index (χ1n) is 8.83. The molecule has 2 aromatic rings. The lowest BCUT2D eigenvalue weighted by molar-refractivity contribution is -0.125. The van der Waals surface area contributed by atoms with E-state index in [4.69, 9.17) is 27.2 Å². The molecule has 1 heterocycles. The number of fused-ring (bicyclic) bond motifs is 1. The van der Waals surface area contributed by atoms with Gasteiger partial charge >= 0.3 is 0 Å². The predicted molar refractivity (Wildman–Crippen MR) is 112 cm³/mol. The Bertz CT molecular complexity index is 786. The Labute approximate surface area is 170 Å². The summed E-state index contributed by atoms with van der Waals surface area (Å²) in [7, 11) is 1.00. The zero-order valence-corrected chi connectivity index (χ0v) is 16.9. The van der Waals surface area contributed by atoms with Gasteiger partial charge in [-0.05, 0) is 30.3 Å². The molecule has 0 fully saturated rings. The van der Waals surface area contributed by atoms with E-state index in [1.165, 1.54) is 0 Å². The summed E-state index contributed by atoms with van der Waals surface area (Å²) in [6, 6.07) is 14.1. The second-order valence-electron chi connectivity index (χ2n) is 5.42. The molecule has 1 aliphatic rings. The molecule has 28 heavy (non-hydrogen) atoms. The van der Waals surface area contributed by atoms with E-state index in [2.05, 4.69) is 5.32 Å². The van der Waals surface area contributed by atoms with Gasteiger partial charge in [-0.3, -0.25) is 9.59 Å². The van der Waals surface area contributed by atoms with E-state index in [0.717, 1.165) is 12.8 Å². The smallest absolute Gasteiger partial charge is 0.260 e. The number of aliphatic hydroxyl groups is 1. The second kappa shape index (κ2) is 11.8. The van der Waals surface area contributed by atoms with Crippen LogP contribution in [-0.2, 0) is 9.59 Å². The number of hydrogen-bond acceptors (Lipinski definition) is 5. The summed E-state index contributed by atoms with van der Waals surface area (Å²) in [5, 5.41) is 10.3. The zero-order chi connectivity index (χ0) is 21.1. The van der Waals surface area contributed by atoms with Gasteiger partial charge in [-0.2, -0.15) is 0 Å². The van der Waals surface area contributed by atoms with Gasteiger partial charge in [0, 0.05) is 17.8 Å². The van der Waals surface area contributed by atoms with Crippen molar-refractivity contribution in [2.24, 2.45) is 5.73 Å². The van der Waals surface area contributed by atoms with Crippen LogP contribution in [-0.4, -0.2) is 43.2 Å². The van der Waals surface area contributed by atoms with Gasteiger partial charge in [0.1, 0.15) is 5.75 Å². The standard InChI is InChI=1S/C17H16ClN3O3.C2H6.CH4O/c18-11-4-3-5-12(8-11)20-16(22)10-21-9-15(17(19)23)24-14-7-2-1-6-13(14)21;2*1-2/h1-8,15H,9-10H2,(H2,19,23)(H,20,22);1-2H3;2H,1H3. The molecule has 1 atom stereocenters. The monoisotopic (exact) mass is 407 g/mol. The number of para-hydroxylation sites is 2. The number of amides is 2. The Morgan fingerprint density at radius 3 is 2.54 bits per heavy atom. The molecule has 2 amide bonds. The molecule has 1 unspecified atom stereocenters. The second-order valence-corrected chi connectivity index (χ2v) is 5.85. The number of benzene rings is 2.